The molecule has 4 nitrogen and oxygen atoms in total. The van der Waals surface area contributed by atoms with Crippen LogP contribution in [0.4, 0.5) is 19.0 Å². The number of aromatic nitrogens is 2. The van der Waals surface area contributed by atoms with Crippen molar-refractivity contribution in [3.05, 3.63) is 47.8 Å². The van der Waals surface area contributed by atoms with Crippen LogP contribution in [0, 0.1) is 5.41 Å². The van der Waals surface area contributed by atoms with Gasteiger partial charge in [-0.1, -0.05) is 30.3 Å². The number of alkyl halides is 3. The van der Waals surface area contributed by atoms with Crippen LogP contribution in [0.25, 0.3) is 0 Å². The normalized spacial score (nSPS) is 24.8. The van der Waals surface area contributed by atoms with Gasteiger partial charge in [0.2, 0.25) is 0 Å². The van der Waals surface area contributed by atoms with Crippen LogP contribution < -0.4 is 10.2 Å². The van der Waals surface area contributed by atoms with E-state index in [1.54, 1.807) is 0 Å². The first-order valence-electron chi connectivity index (χ1n) is 10.5. The molecular formula is C22H25F3N4S. The van der Waals surface area contributed by atoms with Gasteiger partial charge in [0.1, 0.15) is 17.2 Å². The van der Waals surface area contributed by atoms with Crippen LogP contribution >= 0.6 is 11.8 Å². The summed E-state index contributed by atoms with van der Waals surface area (Å²) in [5.41, 5.74) is 2.52. The number of rotatable bonds is 5. The summed E-state index contributed by atoms with van der Waals surface area (Å²) in [7, 11) is 0. The number of nitrogens with one attached hydrogen (secondary N) is 1. The third kappa shape index (κ3) is 4.17. The van der Waals surface area contributed by atoms with Gasteiger partial charge < -0.3 is 10.2 Å². The van der Waals surface area contributed by atoms with Crippen molar-refractivity contribution in [3.63, 3.8) is 0 Å². The van der Waals surface area contributed by atoms with E-state index >= 15 is 0 Å². The van der Waals surface area contributed by atoms with E-state index in [2.05, 4.69) is 44.5 Å². The molecule has 2 atom stereocenters. The van der Waals surface area contributed by atoms with Crippen molar-refractivity contribution in [1.82, 2.24) is 15.3 Å². The molecule has 1 N–H and O–H groups in total. The van der Waals surface area contributed by atoms with E-state index in [4.69, 9.17) is 0 Å². The molecule has 1 aromatic heterocycles. The summed E-state index contributed by atoms with van der Waals surface area (Å²) >= 11 is 1.25. The molecule has 1 aromatic carbocycles. The first kappa shape index (κ1) is 20.1. The van der Waals surface area contributed by atoms with Gasteiger partial charge >= 0.3 is 6.18 Å². The number of halogens is 3. The summed E-state index contributed by atoms with van der Waals surface area (Å²) in [6.07, 6.45) is 0.503. The molecule has 2 aromatic rings. The van der Waals surface area contributed by atoms with Crippen molar-refractivity contribution in [3.8, 4) is 0 Å². The van der Waals surface area contributed by atoms with Gasteiger partial charge in [-0.15, -0.1) is 11.8 Å². The zero-order valence-electron chi connectivity index (χ0n) is 16.7. The van der Waals surface area contributed by atoms with Crippen molar-refractivity contribution < 1.29 is 13.2 Å². The van der Waals surface area contributed by atoms with E-state index in [1.807, 2.05) is 6.07 Å². The Labute approximate surface area is 178 Å². The van der Waals surface area contributed by atoms with E-state index in [1.165, 1.54) is 36.5 Å². The predicted molar refractivity (Wildman–Crippen MR) is 112 cm³/mol. The Balaban J connectivity index is 1.18. The second kappa shape index (κ2) is 7.71. The molecular weight excluding hydrogens is 409 g/mol. The van der Waals surface area contributed by atoms with E-state index in [0.29, 0.717) is 17.9 Å². The molecule has 3 aliphatic rings. The highest BCUT2D eigenvalue weighted by molar-refractivity contribution is 8.00. The molecule has 0 bridgehead atoms. The minimum Gasteiger partial charge on any atom is -0.355 e. The Morgan fingerprint density at radius 3 is 2.73 bits per heavy atom. The fourth-order valence-electron chi connectivity index (χ4n) is 5.18. The lowest BCUT2D eigenvalue weighted by Gasteiger charge is -2.49. The van der Waals surface area contributed by atoms with Crippen molar-refractivity contribution in [2.45, 2.75) is 61.1 Å². The largest absolute Gasteiger partial charge is 0.390 e. The monoisotopic (exact) mass is 434 g/mol. The highest BCUT2D eigenvalue weighted by atomic mass is 32.2. The third-order valence-electron chi connectivity index (χ3n) is 6.54. The molecule has 1 aliphatic carbocycles. The van der Waals surface area contributed by atoms with Gasteiger partial charge in [-0.2, -0.15) is 13.2 Å². The quantitative estimate of drug-likeness (QED) is 0.697. The molecule has 1 saturated carbocycles. The van der Waals surface area contributed by atoms with E-state index < -0.39 is 17.8 Å². The Hall–Kier alpha value is -1.80. The van der Waals surface area contributed by atoms with Crippen LogP contribution in [-0.2, 0) is 13.0 Å². The minimum atomic E-state index is -4.14. The van der Waals surface area contributed by atoms with Crippen LogP contribution in [0.5, 0.6) is 0 Å². The Kier molecular flexibility index (Phi) is 5.17. The van der Waals surface area contributed by atoms with Crippen LogP contribution in [0.1, 0.15) is 36.8 Å². The van der Waals surface area contributed by atoms with Crippen molar-refractivity contribution >= 4 is 17.6 Å². The van der Waals surface area contributed by atoms with Gasteiger partial charge in [0.15, 0.2) is 0 Å². The molecule has 3 heterocycles. The minimum absolute atomic E-state index is 0.309. The fraction of sp³-hybridized carbons (Fsp3) is 0.545. The number of thioether (sulfide) groups is 1. The van der Waals surface area contributed by atoms with Gasteiger partial charge in [-0.25, -0.2) is 9.97 Å². The molecule has 1 unspecified atom stereocenters. The molecule has 2 fully saturated rings. The maximum atomic E-state index is 12.8. The predicted octanol–water partition coefficient (Wildman–Crippen LogP) is 4.59. The molecule has 30 heavy (non-hydrogen) atoms. The van der Waals surface area contributed by atoms with E-state index in [0.717, 1.165) is 42.5 Å². The Morgan fingerprint density at radius 1 is 1.17 bits per heavy atom. The first-order valence-corrected chi connectivity index (χ1v) is 11.4. The molecule has 0 radical (unpaired) electrons. The average Bonchev–Trinajstić information content (AvgIpc) is 3.28. The van der Waals surface area contributed by atoms with Gasteiger partial charge in [-0.05, 0) is 31.2 Å². The number of benzene rings is 1. The molecule has 160 valence electrons. The van der Waals surface area contributed by atoms with Crippen LogP contribution in [0.3, 0.4) is 0 Å². The van der Waals surface area contributed by atoms with Gasteiger partial charge in [0, 0.05) is 41.9 Å². The number of hydrogen-bond acceptors (Lipinski definition) is 5. The van der Waals surface area contributed by atoms with Crippen molar-refractivity contribution in [1.29, 1.82) is 0 Å². The molecule has 1 spiro atoms. The topological polar surface area (TPSA) is 41.1 Å². The smallest absolute Gasteiger partial charge is 0.355 e. The Morgan fingerprint density at radius 2 is 1.97 bits per heavy atom. The lowest BCUT2D eigenvalue weighted by atomic mass is 9.78. The second-order valence-corrected chi connectivity index (χ2v) is 10.2. The summed E-state index contributed by atoms with van der Waals surface area (Å²) in [4.78, 5) is 10.9. The van der Waals surface area contributed by atoms with Crippen molar-refractivity contribution in [2.24, 2.45) is 5.41 Å². The average molecular weight is 435 g/mol. The summed E-state index contributed by atoms with van der Waals surface area (Å²) in [6, 6.07) is 11.0. The lowest BCUT2D eigenvalue weighted by molar-refractivity contribution is -0.134. The number of hydrogen-bond donors (Lipinski definition) is 1. The zero-order valence-corrected chi connectivity index (χ0v) is 17.5. The second-order valence-electron chi connectivity index (χ2n) is 8.91. The number of nitrogens with zero attached hydrogens (tertiary/aromatic N) is 3. The highest BCUT2D eigenvalue weighted by Crippen LogP contribution is 2.50. The zero-order chi connectivity index (χ0) is 20.8. The summed E-state index contributed by atoms with van der Waals surface area (Å²) < 4.78 is 38.4. The Bertz CT molecular complexity index is 899. The maximum absolute atomic E-state index is 12.8. The fourth-order valence-corrected chi connectivity index (χ4v) is 6.44. The highest BCUT2D eigenvalue weighted by Gasteiger charge is 2.49. The van der Waals surface area contributed by atoms with Gasteiger partial charge in [-0.3, -0.25) is 0 Å². The van der Waals surface area contributed by atoms with Crippen LogP contribution in [0.2, 0.25) is 0 Å². The summed E-state index contributed by atoms with van der Waals surface area (Å²) in [5.74, 6) is 0.850. The molecule has 5 rings (SSSR count). The third-order valence-corrected chi connectivity index (χ3v) is 7.79. The number of fused-ring (bicyclic) bond motifs is 1. The van der Waals surface area contributed by atoms with Crippen LogP contribution in [-0.4, -0.2) is 40.5 Å². The molecule has 0 amide bonds. The number of anilines is 1. The molecule has 8 heteroatoms. The van der Waals surface area contributed by atoms with Crippen LogP contribution in [0.15, 0.2) is 41.7 Å². The first-order chi connectivity index (χ1) is 14.4. The maximum Gasteiger partial charge on any atom is 0.390 e. The summed E-state index contributed by atoms with van der Waals surface area (Å²) in [5, 5.41) is 3.93. The SMILES string of the molecule is FC(F)(F)CC1Cc2c(ncnc2N2CC3(CC[C@@H](NCc4ccccc4)C3)C2)S1. The van der Waals surface area contributed by atoms with Crippen molar-refractivity contribution in [2.75, 3.05) is 18.0 Å². The molecule has 1 saturated heterocycles. The lowest BCUT2D eigenvalue weighted by Crippen LogP contribution is -2.56. The van der Waals surface area contributed by atoms with E-state index in [-0.39, 0.29) is 0 Å². The van der Waals surface area contributed by atoms with Gasteiger partial charge in [0.05, 0.1) is 6.42 Å². The standard InChI is InChI=1S/C22H25F3N4S/c23-22(24,25)10-17-8-18-19(27-14-28-20(18)30-17)29-12-21(13-29)7-6-16(9-21)26-11-15-4-2-1-3-5-15/h1-5,14,16-17,26H,6-13H2/t16-,17?/m1/s1. The van der Waals surface area contributed by atoms with E-state index in [9.17, 15) is 13.2 Å². The summed E-state index contributed by atoms with van der Waals surface area (Å²) in [6.45, 7) is 2.77. The molecule has 2 aliphatic heterocycles. The van der Waals surface area contributed by atoms with Gasteiger partial charge in [0.25, 0.3) is 0 Å².